The lowest BCUT2D eigenvalue weighted by Crippen LogP contribution is -2.23. The number of hydrogen-bond acceptors (Lipinski definition) is 3. The van der Waals surface area contributed by atoms with Crippen molar-refractivity contribution in [2.45, 2.75) is 51.0 Å². The number of benzene rings is 1. The van der Waals surface area contributed by atoms with E-state index < -0.39 is 0 Å². The number of thiazole rings is 1. The Morgan fingerprint density at radius 3 is 2.90 bits per heavy atom. The molecule has 0 unspecified atom stereocenters. The van der Waals surface area contributed by atoms with Crippen molar-refractivity contribution in [1.82, 2.24) is 10.3 Å². The molecule has 21 heavy (non-hydrogen) atoms. The van der Waals surface area contributed by atoms with Crippen LogP contribution in [0.2, 0.25) is 0 Å². The molecule has 1 saturated carbocycles. The predicted octanol–water partition coefficient (Wildman–Crippen LogP) is 4.50. The van der Waals surface area contributed by atoms with E-state index in [1.165, 1.54) is 59.5 Å². The molecule has 110 valence electrons. The van der Waals surface area contributed by atoms with Crippen molar-refractivity contribution < 1.29 is 0 Å². The molecule has 2 heterocycles. The largest absolute Gasteiger partial charge is 0.312 e. The fourth-order valence-electron chi connectivity index (χ4n) is 3.59. The minimum absolute atomic E-state index is 0.722. The summed E-state index contributed by atoms with van der Waals surface area (Å²) in [6.45, 7) is 2.11. The van der Waals surface area contributed by atoms with Crippen LogP contribution in [-0.4, -0.2) is 11.5 Å². The molecular weight excluding hydrogens is 276 g/mol. The second kappa shape index (κ2) is 5.90. The van der Waals surface area contributed by atoms with E-state index in [1.54, 1.807) is 0 Å². The summed E-state index contributed by atoms with van der Waals surface area (Å²) in [6, 6.07) is 6.87. The van der Waals surface area contributed by atoms with Crippen molar-refractivity contribution in [2.75, 3.05) is 6.54 Å². The SMILES string of the molecule is c1cc2c(cc1-c1csc(C3CCCCC3)n1)CCNC2. The molecule has 1 fully saturated rings. The van der Waals surface area contributed by atoms with E-state index in [-0.39, 0.29) is 0 Å². The first-order valence-corrected chi connectivity index (χ1v) is 9.06. The van der Waals surface area contributed by atoms with Crippen molar-refractivity contribution >= 4 is 11.3 Å². The van der Waals surface area contributed by atoms with E-state index in [0.29, 0.717) is 0 Å². The summed E-state index contributed by atoms with van der Waals surface area (Å²) in [4.78, 5) is 4.96. The van der Waals surface area contributed by atoms with Crippen LogP contribution in [0, 0.1) is 0 Å². The normalized spacial score (nSPS) is 19.4. The van der Waals surface area contributed by atoms with Gasteiger partial charge in [0.05, 0.1) is 10.7 Å². The van der Waals surface area contributed by atoms with Gasteiger partial charge in [0.15, 0.2) is 0 Å². The van der Waals surface area contributed by atoms with Gasteiger partial charge in [-0.05, 0) is 43.0 Å². The molecule has 4 rings (SSSR count). The van der Waals surface area contributed by atoms with Crippen molar-refractivity contribution in [2.24, 2.45) is 0 Å². The first kappa shape index (κ1) is 13.5. The van der Waals surface area contributed by atoms with Crippen LogP contribution in [0.4, 0.5) is 0 Å². The summed E-state index contributed by atoms with van der Waals surface area (Å²) in [5, 5.41) is 7.06. The third-order valence-electron chi connectivity index (χ3n) is 4.86. The van der Waals surface area contributed by atoms with Gasteiger partial charge in [0.2, 0.25) is 0 Å². The maximum Gasteiger partial charge on any atom is 0.0963 e. The first-order valence-electron chi connectivity index (χ1n) is 8.18. The van der Waals surface area contributed by atoms with E-state index >= 15 is 0 Å². The Balaban J connectivity index is 1.60. The Labute approximate surface area is 130 Å². The average Bonchev–Trinajstić information content (AvgIpc) is 3.05. The minimum atomic E-state index is 0.722. The monoisotopic (exact) mass is 298 g/mol. The van der Waals surface area contributed by atoms with Gasteiger partial charge in [0, 0.05) is 23.4 Å². The number of hydrogen-bond donors (Lipinski definition) is 1. The van der Waals surface area contributed by atoms with E-state index in [4.69, 9.17) is 4.98 Å². The highest BCUT2D eigenvalue weighted by molar-refractivity contribution is 7.10. The van der Waals surface area contributed by atoms with Crippen LogP contribution < -0.4 is 5.32 Å². The third kappa shape index (κ3) is 2.77. The lowest BCUT2D eigenvalue weighted by atomic mass is 9.90. The Morgan fingerprint density at radius 1 is 1.10 bits per heavy atom. The highest BCUT2D eigenvalue weighted by atomic mass is 32.1. The van der Waals surface area contributed by atoms with Crippen molar-refractivity contribution in [3.63, 3.8) is 0 Å². The quantitative estimate of drug-likeness (QED) is 0.882. The van der Waals surface area contributed by atoms with E-state index in [9.17, 15) is 0 Å². The van der Waals surface area contributed by atoms with Crippen LogP contribution in [0.1, 0.15) is 54.2 Å². The third-order valence-corrected chi connectivity index (χ3v) is 5.87. The van der Waals surface area contributed by atoms with Crippen LogP contribution in [0.25, 0.3) is 11.3 Å². The van der Waals surface area contributed by atoms with Crippen molar-refractivity contribution in [1.29, 1.82) is 0 Å². The highest BCUT2D eigenvalue weighted by Gasteiger charge is 2.19. The molecule has 0 bridgehead atoms. The zero-order valence-corrected chi connectivity index (χ0v) is 13.2. The van der Waals surface area contributed by atoms with Gasteiger partial charge in [-0.1, -0.05) is 31.4 Å². The predicted molar refractivity (Wildman–Crippen MR) is 88.8 cm³/mol. The molecule has 0 amide bonds. The zero-order chi connectivity index (χ0) is 14.1. The molecule has 0 radical (unpaired) electrons. The number of aromatic nitrogens is 1. The summed E-state index contributed by atoms with van der Waals surface area (Å²) in [6.07, 6.45) is 7.98. The second-order valence-electron chi connectivity index (χ2n) is 6.32. The van der Waals surface area contributed by atoms with Crippen LogP contribution in [0.5, 0.6) is 0 Å². The summed E-state index contributed by atoms with van der Waals surface area (Å²) in [5.74, 6) is 0.722. The number of nitrogens with one attached hydrogen (secondary N) is 1. The smallest absolute Gasteiger partial charge is 0.0963 e. The summed E-state index contributed by atoms with van der Waals surface area (Å²) in [7, 11) is 0. The number of nitrogens with zero attached hydrogens (tertiary/aromatic N) is 1. The molecule has 0 atom stereocenters. The highest BCUT2D eigenvalue weighted by Crippen LogP contribution is 2.36. The van der Waals surface area contributed by atoms with Crippen molar-refractivity contribution in [3.8, 4) is 11.3 Å². The fraction of sp³-hybridized carbons (Fsp3) is 0.500. The Hall–Kier alpha value is -1.19. The molecular formula is C18H22N2S. The molecule has 2 nitrogen and oxygen atoms in total. The molecule has 0 saturated heterocycles. The number of rotatable bonds is 2. The van der Waals surface area contributed by atoms with Gasteiger partial charge in [-0.15, -0.1) is 11.3 Å². The van der Waals surface area contributed by atoms with E-state index in [0.717, 1.165) is 25.4 Å². The maximum atomic E-state index is 4.96. The van der Waals surface area contributed by atoms with Crippen molar-refractivity contribution in [3.05, 3.63) is 39.7 Å². The standard InChI is InChI=1S/C18H22N2S/c1-2-4-13(5-3-1)18-20-17(12-21-18)15-6-7-16-11-19-9-8-14(16)10-15/h6-7,10,12-13,19H,1-5,8-9,11H2. The number of fused-ring (bicyclic) bond motifs is 1. The lowest BCUT2D eigenvalue weighted by molar-refractivity contribution is 0.442. The van der Waals surface area contributed by atoms with Gasteiger partial charge >= 0.3 is 0 Å². The van der Waals surface area contributed by atoms with Gasteiger partial charge in [0.25, 0.3) is 0 Å². The van der Waals surface area contributed by atoms with Gasteiger partial charge in [-0.25, -0.2) is 4.98 Å². The van der Waals surface area contributed by atoms with Crippen LogP contribution in [-0.2, 0) is 13.0 Å². The molecule has 1 N–H and O–H groups in total. The van der Waals surface area contributed by atoms with E-state index in [2.05, 4.69) is 28.9 Å². The maximum absolute atomic E-state index is 4.96. The van der Waals surface area contributed by atoms with Gasteiger partial charge < -0.3 is 5.32 Å². The lowest BCUT2D eigenvalue weighted by Gasteiger charge is -2.19. The van der Waals surface area contributed by atoms with Crippen LogP contribution >= 0.6 is 11.3 Å². The Bertz CT molecular complexity index is 626. The molecule has 2 aromatic rings. The zero-order valence-electron chi connectivity index (χ0n) is 12.4. The molecule has 2 aliphatic rings. The molecule has 1 aliphatic heterocycles. The Morgan fingerprint density at radius 2 is 2.00 bits per heavy atom. The molecule has 3 heteroatoms. The van der Waals surface area contributed by atoms with Crippen LogP contribution in [0.3, 0.4) is 0 Å². The molecule has 1 aliphatic carbocycles. The van der Waals surface area contributed by atoms with Gasteiger partial charge in [-0.2, -0.15) is 0 Å². The fourth-order valence-corrected chi connectivity index (χ4v) is 4.59. The van der Waals surface area contributed by atoms with Crippen LogP contribution in [0.15, 0.2) is 23.6 Å². The average molecular weight is 298 g/mol. The first-order chi connectivity index (χ1) is 10.4. The van der Waals surface area contributed by atoms with E-state index in [1.807, 2.05) is 11.3 Å². The molecule has 0 spiro atoms. The summed E-state index contributed by atoms with van der Waals surface area (Å²) >= 11 is 1.86. The van der Waals surface area contributed by atoms with Gasteiger partial charge in [0.1, 0.15) is 0 Å². The summed E-state index contributed by atoms with van der Waals surface area (Å²) < 4.78 is 0. The Kier molecular flexibility index (Phi) is 3.78. The minimum Gasteiger partial charge on any atom is -0.312 e. The topological polar surface area (TPSA) is 24.9 Å². The summed E-state index contributed by atoms with van der Waals surface area (Å²) in [5.41, 5.74) is 5.43. The second-order valence-corrected chi connectivity index (χ2v) is 7.21. The molecule has 1 aromatic carbocycles. The van der Waals surface area contributed by atoms with Gasteiger partial charge in [-0.3, -0.25) is 0 Å². The molecule has 1 aromatic heterocycles.